The predicted molar refractivity (Wildman–Crippen MR) is 85.6 cm³/mol. The van der Waals surface area contributed by atoms with E-state index in [-0.39, 0.29) is 17.3 Å². The molecule has 2 aromatic rings. The molecule has 7 nitrogen and oxygen atoms in total. The summed E-state index contributed by atoms with van der Waals surface area (Å²) in [5.74, 6) is -0.507. The van der Waals surface area contributed by atoms with E-state index < -0.39 is 5.91 Å². The molecule has 1 heterocycles. The van der Waals surface area contributed by atoms with Crippen molar-refractivity contribution < 1.29 is 9.18 Å². The second-order valence-electron chi connectivity index (χ2n) is 4.65. The van der Waals surface area contributed by atoms with Crippen molar-refractivity contribution >= 4 is 23.1 Å². The summed E-state index contributed by atoms with van der Waals surface area (Å²) in [4.78, 5) is 16.1. The minimum Gasteiger partial charge on any atom is -0.307 e. The fourth-order valence-corrected chi connectivity index (χ4v) is 1.70. The van der Waals surface area contributed by atoms with E-state index in [1.54, 1.807) is 25.1 Å². The monoisotopic (exact) mass is 322 g/mol. The summed E-state index contributed by atoms with van der Waals surface area (Å²) in [6.45, 7) is 1.57. The molecule has 0 fully saturated rings. The number of carbonyl (C=O) groups is 1. The number of benzene rings is 1. The zero-order chi connectivity index (χ0) is 17.5. The number of aryl methyl sites for hydroxylation is 1. The highest BCUT2D eigenvalue weighted by atomic mass is 19.1. The van der Waals surface area contributed by atoms with E-state index in [1.165, 1.54) is 30.5 Å². The van der Waals surface area contributed by atoms with E-state index >= 15 is 0 Å². The van der Waals surface area contributed by atoms with E-state index in [0.29, 0.717) is 16.8 Å². The molecule has 8 heteroatoms. The maximum Gasteiger partial charge on any atom is 0.256 e. The van der Waals surface area contributed by atoms with Crippen LogP contribution in [0.2, 0.25) is 0 Å². The summed E-state index contributed by atoms with van der Waals surface area (Å²) in [5, 5.41) is 23.3. The molecular weight excluding hydrogens is 311 g/mol. The van der Waals surface area contributed by atoms with Crippen LogP contribution in [-0.2, 0) is 0 Å². The third-order valence-corrected chi connectivity index (χ3v) is 2.93. The van der Waals surface area contributed by atoms with Crippen LogP contribution >= 0.6 is 0 Å². The minimum atomic E-state index is -0.416. The van der Waals surface area contributed by atoms with Crippen LogP contribution in [0.1, 0.15) is 15.9 Å². The van der Waals surface area contributed by atoms with Crippen LogP contribution in [0.4, 0.5) is 15.9 Å². The number of rotatable bonds is 4. The van der Waals surface area contributed by atoms with Crippen LogP contribution in [0.15, 0.2) is 41.6 Å². The van der Waals surface area contributed by atoms with Crippen molar-refractivity contribution in [1.29, 1.82) is 10.5 Å². The number of pyridine rings is 1. The highest BCUT2D eigenvalue weighted by Gasteiger charge is 2.08. The normalized spacial score (nSPS) is 9.33. The Morgan fingerprint density at radius 1 is 1.25 bits per heavy atom. The Balaban J connectivity index is 2.05. The van der Waals surface area contributed by atoms with Gasteiger partial charge in [-0.05, 0) is 42.8 Å². The third-order valence-electron chi connectivity index (χ3n) is 2.93. The standard InChI is InChI=1S/C16H11FN6O/c1-10-6-11(2-4-14(10)17)16(24)21-15-5-3-12(9-20-15)22-23-13(7-18)8-19/h2-6,9,22H,1H3,(H,20,21,24). The lowest BCUT2D eigenvalue weighted by Crippen LogP contribution is -2.13. The molecule has 0 unspecified atom stereocenters. The van der Waals surface area contributed by atoms with Crippen molar-refractivity contribution in [3.63, 3.8) is 0 Å². The number of halogens is 1. The van der Waals surface area contributed by atoms with Gasteiger partial charge in [0.2, 0.25) is 5.71 Å². The molecule has 118 valence electrons. The number of nitrogens with one attached hydrogen (secondary N) is 2. The van der Waals surface area contributed by atoms with Gasteiger partial charge in [-0.25, -0.2) is 9.37 Å². The second kappa shape index (κ2) is 7.47. The second-order valence-corrected chi connectivity index (χ2v) is 4.65. The van der Waals surface area contributed by atoms with E-state index in [9.17, 15) is 9.18 Å². The summed E-state index contributed by atoms with van der Waals surface area (Å²) in [6.07, 6.45) is 1.38. The quantitative estimate of drug-likeness (QED) is 0.663. The van der Waals surface area contributed by atoms with Crippen molar-refractivity contribution in [2.75, 3.05) is 10.7 Å². The van der Waals surface area contributed by atoms with Crippen LogP contribution in [0, 0.1) is 35.4 Å². The van der Waals surface area contributed by atoms with Gasteiger partial charge < -0.3 is 5.32 Å². The third kappa shape index (κ3) is 4.12. The van der Waals surface area contributed by atoms with Crippen LogP contribution < -0.4 is 10.7 Å². The van der Waals surface area contributed by atoms with Crippen LogP contribution in [0.25, 0.3) is 0 Å². The molecule has 0 bridgehead atoms. The van der Waals surface area contributed by atoms with Crippen LogP contribution in [0.5, 0.6) is 0 Å². The fourth-order valence-electron chi connectivity index (χ4n) is 1.70. The molecule has 24 heavy (non-hydrogen) atoms. The van der Waals surface area contributed by atoms with Gasteiger partial charge in [0.25, 0.3) is 5.91 Å². The average Bonchev–Trinajstić information content (AvgIpc) is 2.59. The molecule has 0 aliphatic heterocycles. The first kappa shape index (κ1) is 16.6. The number of nitrogens with zero attached hydrogens (tertiary/aromatic N) is 4. The molecule has 0 aliphatic carbocycles. The smallest absolute Gasteiger partial charge is 0.256 e. The molecule has 0 saturated heterocycles. The summed E-state index contributed by atoms with van der Waals surface area (Å²) in [6, 6.07) is 10.4. The Morgan fingerprint density at radius 2 is 2.00 bits per heavy atom. The lowest BCUT2D eigenvalue weighted by molar-refractivity contribution is 0.102. The molecule has 0 radical (unpaired) electrons. The number of anilines is 2. The molecule has 1 aromatic carbocycles. The van der Waals surface area contributed by atoms with Gasteiger partial charge in [-0.3, -0.25) is 10.2 Å². The summed E-state index contributed by atoms with van der Waals surface area (Å²) < 4.78 is 13.2. The number of nitriles is 2. The number of hydrazone groups is 1. The number of aromatic nitrogens is 1. The van der Waals surface area contributed by atoms with Crippen molar-refractivity contribution in [3.8, 4) is 12.1 Å². The van der Waals surface area contributed by atoms with Gasteiger partial charge in [0.1, 0.15) is 23.8 Å². The number of amides is 1. The maximum atomic E-state index is 13.2. The Hall–Kier alpha value is -3.78. The van der Waals surface area contributed by atoms with E-state index in [2.05, 4.69) is 20.8 Å². The van der Waals surface area contributed by atoms with E-state index in [0.717, 1.165) is 0 Å². The first-order chi connectivity index (χ1) is 11.5. The molecule has 1 amide bonds. The molecule has 2 rings (SSSR count). The zero-order valence-corrected chi connectivity index (χ0v) is 12.5. The minimum absolute atomic E-state index is 0.289. The Bertz CT molecular complexity index is 861. The van der Waals surface area contributed by atoms with Gasteiger partial charge >= 0.3 is 0 Å². The molecular formula is C16H11FN6O. The lowest BCUT2D eigenvalue weighted by Gasteiger charge is -2.06. The molecule has 1 aromatic heterocycles. The molecule has 0 atom stereocenters. The average molecular weight is 322 g/mol. The number of hydrogen-bond donors (Lipinski definition) is 2. The zero-order valence-electron chi connectivity index (χ0n) is 12.5. The van der Waals surface area contributed by atoms with Crippen LogP contribution in [-0.4, -0.2) is 16.6 Å². The molecule has 0 saturated carbocycles. The summed E-state index contributed by atoms with van der Waals surface area (Å²) in [7, 11) is 0. The predicted octanol–water partition coefficient (Wildman–Crippen LogP) is 2.60. The SMILES string of the molecule is Cc1cc(C(=O)Nc2ccc(NN=C(C#N)C#N)cn2)ccc1F. The Kier molecular flexibility index (Phi) is 5.17. The fraction of sp³-hybridized carbons (Fsp3) is 0.0625. The summed E-state index contributed by atoms with van der Waals surface area (Å²) in [5.41, 5.74) is 3.31. The largest absolute Gasteiger partial charge is 0.307 e. The molecule has 2 N–H and O–H groups in total. The number of carbonyl (C=O) groups excluding carboxylic acids is 1. The molecule has 0 aliphatic rings. The number of hydrogen-bond acceptors (Lipinski definition) is 6. The van der Waals surface area contributed by atoms with Gasteiger partial charge in [-0.1, -0.05) is 0 Å². The summed E-state index contributed by atoms with van der Waals surface area (Å²) >= 11 is 0. The van der Waals surface area contributed by atoms with Crippen molar-refractivity contribution in [2.24, 2.45) is 5.10 Å². The lowest BCUT2D eigenvalue weighted by atomic mass is 10.1. The maximum absolute atomic E-state index is 13.2. The Labute approximate surface area is 137 Å². The molecule has 0 spiro atoms. The van der Waals surface area contributed by atoms with Gasteiger partial charge in [-0.2, -0.15) is 15.6 Å². The first-order valence-corrected chi connectivity index (χ1v) is 6.71. The van der Waals surface area contributed by atoms with E-state index in [4.69, 9.17) is 10.5 Å². The van der Waals surface area contributed by atoms with Crippen molar-refractivity contribution in [2.45, 2.75) is 6.92 Å². The van der Waals surface area contributed by atoms with E-state index in [1.807, 2.05) is 0 Å². The highest BCUT2D eigenvalue weighted by Crippen LogP contribution is 2.13. The van der Waals surface area contributed by atoms with Gasteiger partial charge in [0.15, 0.2) is 0 Å². The van der Waals surface area contributed by atoms with Crippen molar-refractivity contribution in [3.05, 3.63) is 53.5 Å². The Morgan fingerprint density at radius 3 is 2.58 bits per heavy atom. The topological polar surface area (TPSA) is 114 Å². The van der Waals surface area contributed by atoms with Crippen molar-refractivity contribution in [1.82, 2.24) is 4.98 Å². The highest BCUT2D eigenvalue weighted by molar-refractivity contribution is 6.10. The van der Waals surface area contributed by atoms with Gasteiger partial charge in [-0.15, -0.1) is 0 Å². The van der Waals surface area contributed by atoms with Crippen LogP contribution in [0.3, 0.4) is 0 Å². The first-order valence-electron chi connectivity index (χ1n) is 6.71. The van der Waals surface area contributed by atoms with Gasteiger partial charge in [0.05, 0.1) is 11.9 Å². The van der Waals surface area contributed by atoms with Gasteiger partial charge in [0, 0.05) is 5.56 Å².